The topological polar surface area (TPSA) is 108 Å². The zero-order valence-electron chi connectivity index (χ0n) is 16.7. The highest BCUT2D eigenvalue weighted by molar-refractivity contribution is 5.95. The van der Waals surface area contributed by atoms with Crippen LogP contribution < -0.4 is 21.3 Å². The van der Waals surface area contributed by atoms with Gasteiger partial charge in [-0.2, -0.15) is 0 Å². The van der Waals surface area contributed by atoms with E-state index in [2.05, 4.69) is 26.3 Å². The van der Waals surface area contributed by atoms with Crippen molar-refractivity contribution in [2.75, 3.05) is 32.0 Å². The van der Waals surface area contributed by atoms with Crippen LogP contribution in [0.25, 0.3) is 0 Å². The number of aryl methyl sites for hydroxylation is 1. The van der Waals surface area contributed by atoms with Crippen LogP contribution in [0.1, 0.15) is 40.4 Å². The molecule has 1 atom stereocenters. The van der Waals surface area contributed by atoms with Gasteiger partial charge < -0.3 is 25.7 Å². The number of hydrogen-bond acceptors (Lipinski definition) is 4. The first-order chi connectivity index (χ1) is 14.1. The van der Waals surface area contributed by atoms with Crippen molar-refractivity contribution in [3.8, 4) is 0 Å². The standard InChI is InChI=1S/C21H27N5O3/c1-14-8-11-29-19(14)20(28)23-9-5-10-24-21(22-2)25-13-15-12-18(27)26-17-7-4-3-6-16(15)17/h3-4,6-8,11,15H,5,9-10,12-13H2,1-2H3,(H,23,28)(H,26,27)(H2,22,24,25). The van der Waals surface area contributed by atoms with Crippen LogP contribution in [0.15, 0.2) is 46.0 Å². The number of anilines is 1. The number of hydrogen-bond donors (Lipinski definition) is 4. The van der Waals surface area contributed by atoms with Gasteiger partial charge in [-0.25, -0.2) is 0 Å². The van der Waals surface area contributed by atoms with Gasteiger partial charge in [0.05, 0.1) is 6.26 Å². The lowest BCUT2D eigenvalue weighted by atomic mass is 9.90. The number of rotatable bonds is 7. The summed E-state index contributed by atoms with van der Waals surface area (Å²) in [6.45, 7) is 3.63. The predicted octanol–water partition coefficient (Wildman–Crippen LogP) is 2.00. The summed E-state index contributed by atoms with van der Waals surface area (Å²) in [5.41, 5.74) is 2.83. The zero-order chi connectivity index (χ0) is 20.6. The molecule has 1 aliphatic rings. The van der Waals surface area contributed by atoms with E-state index in [4.69, 9.17) is 4.42 Å². The van der Waals surface area contributed by atoms with E-state index in [0.717, 1.165) is 23.2 Å². The number of benzene rings is 1. The van der Waals surface area contributed by atoms with Crippen LogP contribution in [-0.4, -0.2) is 44.5 Å². The molecule has 0 fully saturated rings. The van der Waals surface area contributed by atoms with E-state index in [0.29, 0.717) is 37.8 Å². The molecule has 3 rings (SSSR count). The number of nitrogens with one attached hydrogen (secondary N) is 4. The summed E-state index contributed by atoms with van der Waals surface area (Å²) >= 11 is 0. The fourth-order valence-electron chi connectivity index (χ4n) is 3.31. The Balaban J connectivity index is 1.40. The third kappa shape index (κ3) is 5.37. The second-order valence-electron chi connectivity index (χ2n) is 6.96. The van der Waals surface area contributed by atoms with Gasteiger partial charge in [0, 0.05) is 50.3 Å². The minimum Gasteiger partial charge on any atom is -0.459 e. The van der Waals surface area contributed by atoms with Crippen LogP contribution in [0.3, 0.4) is 0 Å². The summed E-state index contributed by atoms with van der Waals surface area (Å²) in [5.74, 6) is 0.938. The summed E-state index contributed by atoms with van der Waals surface area (Å²) in [5, 5.41) is 12.3. The lowest BCUT2D eigenvalue weighted by Gasteiger charge is -2.26. The van der Waals surface area contributed by atoms with E-state index in [1.54, 1.807) is 13.1 Å². The molecule has 1 aromatic carbocycles. The Bertz CT molecular complexity index is 890. The Labute approximate surface area is 170 Å². The first-order valence-electron chi connectivity index (χ1n) is 9.74. The molecule has 2 aromatic rings. The highest BCUT2D eigenvalue weighted by Crippen LogP contribution is 2.31. The van der Waals surface area contributed by atoms with E-state index in [1.165, 1.54) is 6.26 Å². The Morgan fingerprint density at radius 2 is 2.00 bits per heavy atom. The summed E-state index contributed by atoms with van der Waals surface area (Å²) < 4.78 is 5.18. The minimum absolute atomic E-state index is 0.0287. The first kappa shape index (κ1) is 20.4. The van der Waals surface area contributed by atoms with Crippen molar-refractivity contribution in [3.05, 3.63) is 53.5 Å². The average molecular weight is 397 g/mol. The quantitative estimate of drug-likeness (QED) is 0.325. The van der Waals surface area contributed by atoms with Crippen LogP contribution in [0.2, 0.25) is 0 Å². The van der Waals surface area contributed by atoms with Crippen molar-refractivity contribution in [2.45, 2.75) is 25.7 Å². The largest absolute Gasteiger partial charge is 0.459 e. The van der Waals surface area contributed by atoms with Crippen molar-refractivity contribution in [1.82, 2.24) is 16.0 Å². The molecule has 154 valence electrons. The number of nitrogens with zero attached hydrogens (tertiary/aromatic N) is 1. The molecular weight excluding hydrogens is 370 g/mol. The van der Waals surface area contributed by atoms with Gasteiger partial charge in [0.15, 0.2) is 11.7 Å². The summed E-state index contributed by atoms with van der Waals surface area (Å²) in [4.78, 5) is 28.1. The van der Waals surface area contributed by atoms with Crippen molar-refractivity contribution in [2.24, 2.45) is 4.99 Å². The Hall–Kier alpha value is -3.29. The molecule has 2 heterocycles. The lowest BCUT2D eigenvalue weighted by Crippen LogP contribution is -2.41. The Morgan fingerprint density at radius 1 is 1.21 bits per heavy atom. The van der Waals surface area contributed by atoms with Crippen molar-refractivity contribution in [3.63, 3.8) is 0 Å². The number of guanidine groups is 1. The molecule has 0 saturated carbocycles. The molecule has 0 saturated heterocycles. The van der Waals surface area contributed by atoms with Gasteiger partial charge in [-0.05, 0) is 31.0 Å². The molecule has 4 N–H and O–H groups in total. The summed E-state index contributed by atoms with van der Waals surface area (Å²) in [6, 6.07) is 9.63. The van der Waals surface area contributed by atoms with Crippen molar-refractivity contribution >= 4 is 23.5 Å². The zero-order valence-corrected chi connectivity index (χ0v) is 16.7. The van der Waals surface area contributed by atoms with Gasteiger partial charge in [0.25, 0.3) is 5.91 Å². The lowest BCUT2D eigenvalue weighted by molar-refractivity contribution is -0.116. The molecule has 1 unspecified atom stereocenters. The number of fused-ring (bicyclic) bond motifs is 1. The van der Waals surface area contributed by atoms with Gasteiger partial charge in [0.2, 0.25) is 5.91 Å². The highest BCUT2D eigenvalue weighted by Gasteiger charge is 2.24. The Kier molecular flexibility index (Phi) is 6.89. The van der Waals surface area contributed by atoms with Gasteiger partial charge in [0.1, 0.15) is 0 Å². The molecule has 8 nitrogen and oxygen atoms in total. The van der Waals surface area contributed by atoms with Crippen LogP contribution in [0, 0.1) is 6.92 Å². The minimum atomic E-state index is -0.204. The number of carbonyl (C=O) groups is 2. The van der Waals surface area contributed by atoms with Crippen LogP contribution in [-0.2, 0) is 4.79 Å². The monoisotopic (exact) mass is 397 g/mol. The van der Waals surface area contributed by atoms with Crippen molar-refractivity contribution < 1.29 is 14.0 Å². The smallest absolute Gasteiger partial charge is 0.287 e. The summed E-state index contributed by atoms with van der Waals surface area (Å²) in [7, 11) is 1.71. The number of amides is 2. The number of carbonyl (C=O) groups excluding carboxylic acids is 2. The maximum absolute atomic E-state index is 12.0. The molecule has 2 amide bonds. The first-order valence-corrected chi connectivity index (χ1v) is 9.74. The normalized spacial score (nSPS) is 16.0. The molecule has 0 spiro atoms. The fourth-order valence-corrected chi connectivity index (χ4v) is 3.31. The van der Waals surface area contributed by atoms with Gasteiger partial charge >= 0.3 is 0 Å². The number of para-hydroxylation sites is 1. The molecule has 8 heteroatoms. The van der Waals surface area contributed by atoms with E-state index in [1.807, 2.05) is 31.2 Å². The third-order valence-corrected chi connectivity index (χ3v) is 4.85. The van der Waals surface area contributed by atoms with E-state index >= 15 is 0 Å². The fraction of sp³-hybridized carbons (Fsp3) is 0.381. The van der Waals surface area contributed by atoms with Gasteiger partial charge in [-0.3, -0.25) is 14.6 Å². The number of furan rings is 1. The van der Waals surface area contributed by atoms with Crippen LogP contribution in [0.5, 0.6) is 0 Å². The maximum atomic E-state index is 12.0. The van der Waals surface area contributed by atoms with Crippen LogP contribution >= 0.6 is 0 Å². The van der Waals surface area contributed by atoms with Crippen LogP contribution in [0.4, 0.5) is 5.69 Å². The van der Waals surface area contributed by atoms with E-state index in [-0.39, 0.29) is 17.7 Å². The molecule has 1 aromatic heterocycles. The van der Waals surface area contributed by atoms with E-state index in [9.17, 15) is 9.59 Å². The maximum Gasteiger partial charge on any atom is 0.287 e. The van der Waals surface area contributed by atoms with E-state index < -0.39 is 0 Å². The molecule has 1 aliphatic heterocycles. The number of aliphatic imine (C=N–C) groups is 1. The van der Waals surface area contributed by atoms with Crippen molar-refractivity contribution in [1.29, 1.82) is 0 Å². The second-order valence-corrected chi connectivity index (χ2v) is 6.96. The van der Waals surface area contributed by atoms with Gasteiger partial charge in [-0.15, -0.1) is 0 Å². The van der Waals surface area contributed by atoms with Gasteiger partial charge in [-0.1, -0.05) is 18.2 Å². The molecule has 0 radical (unpaired) electrons. The second kappa shape index (κ2) is 9.77. The average Bonchev–Trinajstić information content (AvgIpc) is 3.15. The highest BCUT2D eigenvalue weighted by atomic mass is 16.3. The summed E-state index contributed by atoms with van der Waals surface area (Å²) in [6.07, 6.45) is 2.69. The molecule has 0 aliphatic carbocycles. The predicted molar refractivity (Wildman–Crippen MR) is 112 cm³/mol. The third-order valence-electron chi connectivity index (χ3n) is 4.85. The molecule has 29 heavy (non-hydrogen) atoms. The molecule has 0 bridgehead atoms. The SMILES string of the molecule is CN=C(NCCCNC(=O)c1occc1C)NCC1CC(=O)Nc2ccccc21. The Morgan fingerprint density at radius 3 is 2.76 bits per heavy atom. The molecular formula is C21H27N5O3.